The Labute approximate surface area is 160 Å². The zero-order valence-electron chi connectivity index (χ0n) is 15.9. The Hall–Kier alpha value is -2.95. The molecule has 0 fully saturated rings. The normalized spacial score (nSPS) is 10.1. The number of esters is 1. The van der Waals surface area contributed by atoms with Crippen molar-refractivity contribution >= 4 is 5.97 Å². The van der Waals surface area contributed by atoms with E-state index in [9.17, 15) is 4.79 Å². The van der Waals surface area contributed by atoms with Crippen molar-refractivity contribution in [1.29, 1.82) is 0 Å². The SMILES string of the molecule is C=CCc1ccc(OCCCCOc2ccc(C(=O)OC)cc2)c(OC)c1. The molecule has 0 unspecified atom stereocenters. The molecule has 0 saturated carbocycles. The Bertz CT molecular complexity index is 737. The summed E-state index contributed by atoms with van der Waals surface area (Å²) >= 11 is 0. The van der Waals surface area contributed by atoms with Crippen LogP contribution in [0.5, 0.6) is 17.2 Å². The van der Waals surface area contributed by atoms with Crippen LogP contribution in [0.15, 0.2) is 55.1 Å². The molecule has 2 aromatic carbocycles. The number of methoxy groups -OCH3 is 2. The number of benzene rings is 2. The number of rotatable bonds is 11. The summed E-state index contributed by atoms with van der Waals surface area (Å²) in [5.41, 5.74) is 1.65. The zero-order chi connectivity index (χ0) is 19.5. The molecule has 0 radical (unpaired) electrons. The molecule has 0 heterocycles. The largest absolute Gasteiger partial charge is 0.494 e. The first-order valence-corrected chi connectivity index (χ1v) is 8.89. The summed E-state index contributed by atoms with van der Waals surface area (Å²) in [7, 11) is 3.00. The first-order valence-electron chi connectivity index (χ1n) is 8.89. The fourth-order valence-corrected chi connectivity index (χ4v) is 2.51. The molecule has 5 nitrogen and oxygen atoms in total. The maximum Gasteiger partial charge on any atom is 0.337 e. The summed E-state index contributed by atoms with van der Waals surface area (Å²) in [4.78, 5) is 11.4. The van der Waals surface area contributed by atoms with Crippen molar-refractivity contribution in [3.05, 3.63) is 66.2 Å². The minimum atomic E-state index is -0.355. The molecule has 144 valence electrons. The predicted octanol–water partition coefficient (Wildman–Crippen LogP) is 4.45. The van der Waals surface area contributed by atoms with Gasteiger partial charge in [0, 0.05) is 0 Å². The van der Waals surface area contributed by atoms with Crippen LogP contribution in [0.4, 0.5) is 0 Å². The van der Waals surface area contributed by atoms with E-state index in [1.54, 1.807) is 31.4 Å². The van der Waals surface area contributed by atoms with Crippen molar-refractivity contribution in [2.24, 2.45) is 0 Å². The monoisotopic (exact) mass is 370 g/mol. The topological polar surface area (TPSA) is 54.0 Å². The Kier molecular flexibility index (Phi) is 8.23. The second-order valence-corrected chi connectivity index (χ2v) is 5.90. The van der Waals surface area contributed by atoms with Gasteiger partial charge in [-0.3, -0.25) is 0 Å². The van der Waals surface area contributed by atoms with Crippen molar-refractivity contribution in [3.63, 3.8) is 0 Å². The highest BCUT2D eigenvalue weighted by Gasteiger charge is 2.06. The molecule has 0 atom stereocenters. The van der Waals surface area contributed by atoms with Crippen LogP contribution >= 0.6 is 0 Å². The first-order chi connectivity index (χ1) is 13.2. The van der Waals surface area contributed by atoms with E-state index in [0.29, 0.717) is 18.8 Å². The van der Waals surface area contributed by atoms with Gasteiger partial charge in [-0.25, -0.2) is 4.79 Å². The molecule has 5 heteroatoms. The van der Waals surface area contributed by atoms with Gasteiger partial charge in [0.25, 0.3) is 0 Å². The average molecular weight is 370 g/mol. The van der Waals surface area contributed by atoms with Gasteiger partial charge in [0.1, 0.15) is 5.75 Å². The van der Waals surface area contributed by atoms with E-state index in [4.69, 9.17) is 14.2 Å². The van der Waals surface area contributed by atoms with E-state index in [2.05, 4.69) is 11.3 Å². The molecule has 0 N–H and O–H groups in total. The highest BCUT2D eigenvalue weighted by Crippen LogP contribution is 2.28. The highest BCUT2D eigenvalue weighted by atomic mass is 16.5. The highest BCUT2D eigenvalue weighted by molar-refractivity contribution is 5.89. The van der Waals surface area contributed by atoms with Crippen LogP contribution in [0.25, 0.3) is 0 Å². The molecule has 2 rings (SSSR count). The van der Waals surface area contributed by atoms with Crippen LogP contribution in [0.3, 0.4) is 0 Å². The molecule has 0 aliphatic carbocycles. The third-order valence-corrected chi connectivity index (χ3v) is 3.95. The number of unbranched alkanes of at least 4 members (excludes halogenated alkanes) is 1. The van der Waals surface area contributed by atoms with Crippen molar-refractivity contribution < 1.29 is 23.7 Å². The van der Waals surface area contributed by atoms with E-state index in [-0.39, 0.29) is 5.97 Å². The smallest absolute Gasteiger partial charge is 0.337 e. The van der Waals surface area contributed by atoms with Gasteiger partial charge in [0.05, 0.1) is 33.0 Å². The van der Waals surface area contributed by atoms with Crippen molar-refractivity contribution in [3.8, 4) is 17.2 Å². The zero-order valence-corrected chi connectivity index (χ0v) is 15.9. The second-order valence-electron chi connectivity index (χ2n) is 5.90. The standard InChI is InChI=1S/C22H26O5/c1-4-7-17-8-13-20(21(16-17)24-2)27-15-6-5-14-26-19-11-9-18(10-12-19)22(23)25-3/h4,8-13,16H,1,5-7,14-15H2,2-3H3. The van der Waals surface area contributed by atoms with Gasteiger partial charge in [-0.2, -0.15) is 0 Å². The van der Waals surface area contributed by atoms with E-state index in [1.807, 2.05) is 24.3 Å². The summed E-state index contributed by atoms with van der Waals surface area (Å²) in [6, 6.07) is 12.8. The second kappa shape index (κ2) is 10.9. The summed E-state index contributed by atoms with van der Waals surface area (Å²) < 4.78 is 21.5. The number of carbonyl (C=O) groups is 1. The molecule has 0 spiro atoms. The van der Waals surface area contributed by atoms with Gasteiger partial charge in [-0.15, -0.1) is 6.58 Å². The summed E-state index contributed by atoms with van der Waals surface area (Å²) in [5.74, 6) is 1.84. The number of hydrogen-bond acceptors (Lipinski definition) is 5. The maximum absolute atomic E-state index is 11.4. The lowest BCUT2D eigenvalue weighted by atomic mass is 10.1. The molecular weight excluding hydrogens is 344 g/mol. The van der Waals surface area contributed by atoms with Gasteiger partial charge in [-0.1, -0.05) is 12.1 Å². The van der Waals surface area contributed by atoms with Crippen LogP contribution in [0.1, 0.15) is 28.8 Å². The molecule has 0 amide bonds. The molecular formula is C22H26O5. The van der Waals surface area contributed by atoms with Crippen LogP contribution in [-0.2, 0) is 11.2 Å². The number of carbonyl (C=O) groups excluding carboxylic acids is 1. The Morgan fingerprint density at radius 2 is 1.67 bits per heavy atom. The van der Waals surface area contributed by atoms with E-state index < -0.39 is 0 Å². The van der Waals surface area contributed by atoms with Gasteiger partial charge < -0.3 is 18.9 Å². The minimum absolute atomic E-state index is 0.355. The molecule has 2 aromatic rings. The predicted molar refractivity (Wildman–Crippen MR) is 105 cm³/mol. The molecule has 0 aliphatic heterocycles. The summed E-state index contributed by atoms with van der Waals surface area (Å²) in [5, 5.41) is 0. The molecule has 27 heavy (non-hydrogen) atoms. The summed E-state index contributed by atoms with van der Waals surface area (Å²) in [6.45, 7) is 4.91. The van der Waals surface area contributed by atoms with Crippen LogP contribution < -0.4 is 14.2 Å². The first kappa shape index (κ1) is 20.4. The maximum atomic E-state index is 11.4. The summed E-state index contributed by atoms with van der Waals surface area (Å²) in [6.07, 6.45) is 4.38. The van der Waals surface area contributed by atoms with E-state index in [0.717, 1.165) is 42.1 Å². The number of ether oxygens (including phenoxy) is 4. The molecule has 0 bridgehead atoms. The fourth-order valence-electron chi connectivity index (χ4n) is 2.51. The molecule has 0 aliphatic rings. The Morgan fingerprint density at radius 3 is 2.30 bits per heavy atom. The fraction of sp³-hybridized carbons (Fsp3) is 0.318. The lowest BCUT2D eigenvalue weighted by Gasteiger charge is -2.12. The van der Waals surface area contributed by atoms with E-state index >= 15 is 0 Å². The van der Waals surface area contributed by atoms with Crippen LogP contribution in [0.2, 0.25) is 0 Å². The van der Waals surface area contributed by atoms with Gasteiger partial charge in [0.2, 0.25) is 0 Å². The van der Waals surface area contributed by atoms with Gasteiger partial charge >= 0.3 is 5.97 Å². The third-order valence-electron chi connectivity index (χ3n) is 3.95. The van der Waals surface area contributed by atoms with Crippen molar-refractivity contribution in [2.45, 2.75) is 19.3 Å². The van der Waals surface area contributed by atoms with Gasteiger partial charge in [0.15, 0.2) is 11.5 Å². The van der Waals surface area contributed by atoms with Crippen molar-refractivity contribution in [2.75, 3.05) is 27.4 Å². The lowest BCUT2D eigenvalue weighted by Crippen LogP contribution is -2.04. The molecule has 0 aromatic heterocycles. The van der Waals surface area contributed by atoms with Gasteiger partial charge in [-0.05, 0) is 61.2 Å². The van der Waals surface area contributed by atoms with Crippen molar-refractivity contribution in [1.82, 2.24) is 0 Å². The van der Waals surface area contributed by atoms with E-state index in [1.165, 1.54) is 7.11 Å². The van der Waals surface area contributed by atoms with Crippen LogP contribution in [-0.4, -0.2) is 33.4 Å². The minimum Gasteiger partial charge on any atom is -0.494 e. The average Bonchev–Trinajstić information content (AvgIpc) is 2.71. The lowest BCUT2D eigenvalue weighted by molar-refractivity contribution is 0.0600. The molecule has 0 saturated heterocycles. The Morgan fingerprint density at radius 1 is 0.963 bits per heavy atom. The van der Waals surface area contributed by atoms with Crippen LogP contribution in [0, 0.1) is 0 Å². The quantitative estimate of drug-likeness (QED) is 0.332. The number of hydrogen-bond donors (Lipinski definition) is 0. The number of allylic oxidation sites excluding steroid dienone is 1. The Balaban J connectivity index is 1.70. The third kappa shape index (κ3) is 6.37.